The lowest BCUT2D eigenvalue weighted by atomic mass is 10.00. The highest BCUT2D eigenvalue weighted by Crippen LogP contribution is 2.08. The van der Waals surface area contributed by atoms with E-state index in [0.717, 1.165) is 25.2 Å². The molecule has 0 unspecified atom stereocenters. The van der Waals surface area contributed by atoms with Crippen LogP contribution >= 0.6 is 0 Å². The first-order valence-corrected chi connectivity index (χ1v) is 4.68. The highest BCUT2D eigenvalue weighted by atomic mass is 15.3. The first-order valence-electron chi connectivity index (χ1n) is 4.68. The van der Waals surface area contributed by atoms with Gasteiger partial charge in [0.25, 0.3) is 0 Å². The lowest BCUT2D eigenvalue weighted by Gasteiger charge is -2.17. The van der Waals surface area contributed by atoms with Crippen LogP contribution in [0.1, 0.15) is 33.0 Å². The van der Waals surface area contributed by atoms with Gasteiger partial charge in [0.1, 0.15) is 12.2 Å². The van der Waals surface area contributed by atoms with Crippen molar-refractivity contribution >= 4 is 0 Å². The third-order valence-corrected chi connectivity index (χ3v) is 1.99. The maximum Gasteiger partial charge on any atom is 0.138 e. The minimum Gasteiger partial charge on any atom is -0.326 e. The summed E-state index contributed by atoms with van der Waals surface area (Å²) >= 11 is 0. The molecule has 1 heterocycles. The van der Waals surface area contributed by atoms with E-state index in [-0.39, 0.29) is 5.54 Å². The van der Waals surface area contributed by atoms with Crippen molar-refractivity contribution in [2.45, 2.75) is 45.7 Å². The molecule has 2 N–H and O–H groups in total. The number of aromatic nitrogens is 3. The molecule has 0 radical (unpaired) electrons. The van der Waals surface area contributed by atoms with E-state index in [2.05, 4.69) is 17.0 Å². The van der Waals surface area contributed by atoms with Crippen LogP contribution in [0.2, 0.25) is 0 Å². The Hall–Kier alpha value is -0.900. The highest BCUT2D eigenvalue weighted by molar-refractivity contribution is 4.87. The molecule has 0 bridgehead atoms. The van der Waals surface area contributed by atoms with E-state index in [9.17, 15) is 0 Å². The Kier molecular flexibility index (Phi) is 3.03. The minimum atomic E-state index is -0.121. The molecule has 0 aliphatic rings. The van der Waals surface area contributed by atoms with Crippen LogP contribution in [0.5, 0.6) is 0 Å². The second-order valence-corrected chi connectivity index (χ2v) is 3.98. The SMILES string of the molecule is CCn1ncnc1CCC(C)(C)N. The van der Waals surface area contributed by atoms with Crippen molar-refractivity contribution in [1.82, 2.24) is 14.8 Å². The summed E-state index contributed by atoms with van der Waals surface area (Å²) in [4.78, 5) is 4.19. The predicted octanol–water partition coefficient (Wildman–Crippen LogP) is 0.968. The lowest BCUT2D eigenvalue weighted by molar-refractivity contribution is 0.461. The third kappa shape index (κ3) is 3.14. The van der Waals surface area contributed by atoms with E-state index < -0.39 is 0 Å². The fourth-order valence-corrected chi connectivity index (χ4v) is 1.18. The van der Waals surface area contributed by atoms with Gasteiger partial charge in [0.15, 0.2) is 0 Å². The van der Waals surface area contributed by atoms with Crippen molar-refractivity contribution in [1.29, 1.82) is 0 Å². The van der Waals surface area contributed by atoms with E-state index >= 15 is 0 Å². The lowest BCUT2D eigenvalue weighted by Crippen LogP contribution is -2.32. The average Bonchev–Trinajstić information content (AvgIpc) is 2.46. The Morgan fingerprint density at radius 1 is 1.54 bits per heavy atom. The summed E-state index contributed by atoms with van der Waals surface area (Å²) in [5.41, 5.74) is 5.77. The van der Waals surface area contributed by atoms with E-state index in [0.29, 0.717) is 0 Å². The van der Waals surface area contributed by atoms with Gasteiger partial charge in [-0.05, 0) is 27.2 Å². The summed E-state index contributed by atoms with van der Waals surface area (Å²) in [6, 6.07) is 0. The summed E-state index contributed by atoms with van der Waals surface area (Å²) in [6.07, 6.45) is 3.44. The number of rotatable bonds is 4. The second-order valence-electron chi connectivity index (χ2n) is 3.98. The second kappa shape index (κ2) is 3.87. The van der Waals surface area contributed by atoms with Gasteiger partial charge in [-0.25, -0.2) is 4.98 Å². The molecule has 1 rings (SSSR count). The molecule has 0 aliphatic carbocycles. The minimum absolute atomic E-state index is 0.121. The van der Waals surface area contributed by atoms with Crippen LogP contribution in [-0.4, -0.2) is 20.3 Å². The van der Waals surface area contributed by atoms with Crippen molar-refractivity contribution in [2.24, 2.45) is 5.73 Å². The van der Waals surface area contributed by atoms with Gasteiger partial charge in [-0.15, -0.1) is 0 Å². The van der Waals surface area contributed by atoms with Gasteiger partial charge < -0.3 is 5.73 Å². The molecule has 0 amide bonds. The Bertz CT molecular complexity index is 259. The number of nitrogens with zero attached hydrogens (tertiary/aromatic N) is 3. The fourth-order valence-electron chi connectivity index (χ4n) is 1.18. The van der Waals surface area contributed by atoms with Crippen molar-refractivity contribution in [3.63, 3.8) is 0 Å². The van der Waals surface area contributed by atoms with Gasteiger partial charge in [0.2, 0.25) is 0 Å². The zero-order valence-corrected chi connectivity index (χ0v) is 8.62. The van der Waals surface area contributed by atoms with Crippen molar-refractivity contribution in [3.05, 3.63) is 12.2 Å². The molecule has 74 valence electrons. The summed E-state index contributed by atoms with van der Waals surface area (Å²) < 4.78 is 1.91. The molecule has 1 aromatic heterocycles. The largest absolute Gasteiger partial charge is 0.326 e. The molecule has 0 aromatic carbocycles. The fraction of sp³-hybridized carbons (Fsp3) is 0.778. The van der Waals surface area contributed by atoms with Crippen LogP contribution in [0, 0.1) is 0 Å². The van der Waals surface area contributed by atoms with Crippen LogP contribution < -0.4 is 5.73 Å². The molecule has 0 saturated carbocycles. The summed E-state index contributed by atoms with van der Waals surface area (Å²) in [6.45, 7) is 6.99. The summed E-state index contributed by atoms with van der Waals surface area (Å²) in [7, 11) is 0. The molecular weight excluding hydrogens is 164 g/mol. The first kappa shape index (κ1) is 10.2. The first-order chi connectivity index (χ1) is 6.03. The van der Waals surface area contributed by atoms with Crippen LogP contribution in [0.4, 0.5) is 0 Å². The molecule has 4 nitrogen and oxygen atoms in total. The number of hydrogen-bond acceptors (Lipinski definition) is 3. The zero-order chi connectivity index (χ0) is 9.90. The highest BCUT2D eigenvalue weighted by Gasteiger charge is 2.12. The molecule has 0 spiro atoms. The number of nitrogens with two attached hydrogens (primary N) is 1. The number of aryl methyl sites for hydroxylation is 2. The Morgan fingerprint density at radius 3 is 2.77 bits per heavy atom. The summed E-state index contributed by atoms with van der Waals surface area (Å²) in [5.74, 6) is 1.03. The zero-order valence-electron chi connectivity index (χ0n) is 8.62. The van der Waals surface area contributed by atoms with Crippen LogP contribution in [-0.2, 0) is 13.0 Å². The topological polar surface area (TPSA) is 56.7 Å². The van der Waals surface area contributed by atoms with E-state index in [1.165, 1.54) is 0 Å². The predicted molar refractivity (Wildman–Crippen MR) is 52.3 cm³/mol. The van der Waals surface area contributed by atoms with E-state index in [1.807, 2.05) is 18.5 Å². The summed E-state index contributed by atoms with van der Waals surface area (Å²) in [5, 5.41) is 4.10. The van der Waals surface area contributed by atoms with E-state index in [1.54, 1.807) is 6.33 Å². The van der Waals surface area contributed by atoms with Crippen molar-refractivity contribution in [2.75, 3.05) is 0 Å². The monoisotopic (exact) mass is 182 g/mol. The van der Waals surface area contributed by atoms with Crippen LogP contribution in [0.15, 0.2) is 6.33 Å². The maximum absolute atomic E-state index is 5.89. The van der Waals surface area contributed by atoms with Crippen LogP contribution in [0.3, 0.4) is 0 Å². The average molecular weight is 182 g/mol. The van der Waals surface area contributed by atoms with Gasteiger partial charge in [-0.2, -0.15) is 5.10 Å². The Labute approximate surface area is 79.2 Å². The molecule has 1 aromatic rings. The molecule has 4 heteroatoms. The van der Waals surface area contributed by atoms with Gasteiger partial charge in [0.05, 0.1) is 0 Å². The van der Waals surface area contributed by atoms with Gasteiger partial charge in [-0.1, -0.05) is 0 Å². The van der Waals surface area contributed by atoms with Gasteiger partial charge in [-0.3, -0.25) is 4.68 Å². The van der Waals surface area contributed by atoms with Crippen molar-refractivity contribution in [3.8, 4) is 0 Å². The van der Waals surface area contributed by atoms with Gasteiger partial charge in [0, 0.05) is 18.5 Å². The maximum atomic E-state index is 5.89. The molecule has 0 atom stereocenters. The molecular formula is C9H18N4. The molecule has 0 aliphatic heterocycles. The Balaban J connectivity index is 2.54. The quantitative estimate of drug-likeness (QED) is 0.754. The van der Waals surface area contributed by atoms with Crippen molar-refractivity contribution < 1.29 is 0 Å². The van der Waals surface area contributed by atoms with Gasteiger partial charge >= 0.3 is 0 Å². The standard InChI is InChI=1S/C9H18N4/c1-4-13-8(11-7-12-13)5-6-9(2,3)10/h7H,4-6,10H2,1-3H3. The number of hydrogen-bond donors (Lipinski definition) is 1. The Morgan fingerprint density at radius 2 is 2.23 bits per heavy atom. The molecule has 13 heavy (non-hydrogen) atoms. The normalized spacial score (nSPS) is 12.0. The van der Waals surface area contributed by atoms with E-state index in [4.69, 9.17) is 5.73 Å². The van der Waals surface area contributed by atoms with Crippen LogP contribution in [0.25, 0.3) is 0 Å². The third-order valence-electron chi connectivity index (χ3n) is 1.99. The molecule has 0 fully saturated rings. The molecule has 0 saturated heterocycles. The smallest absolute Gasteiger partial charge is 0.138 e.